The van der Waals surface area contributed by atoms with Gasteiger partial charge >= 0.3 is 0 Å². The summed E-state index contributed by atoms with van der Waals surface area (Å²) in [5.74, 6) is -0.305. The van der Waals surface area contributed by atoms with Gasteiger partial charge in [-0.1, -0.05) is 0 Å². The fourth-order valence-electron chi connectivity index (χ4n) is 0.728. The second kappa shape index (κ2) is 2.72. The monoisotopic (exact) mass is 143 g/mol. The van der Waals surface area contributed by atoms with Gasteiger partial charge in [-0.3, -0.25) is 5.11 Å². The van der Waals surface area contributed by atoms with Gasteiger partial charge in [0.1, 0.15) is 0 Å². The van der Waals surface area contributed by atoms with E-state index in [0.29, 0.717) is 0 Å². The number of nitriles is 2. The highest BCUT2D eigenvalue weighted by molar-refractivity contribution is 5.44. The molecule has 1 aromatic rings. The number of nitrogens with zero attached hydrogens (tertiary/aromatic N) is 2. The molecule has 0 N–H and O–H groups in total. The molecule has 0 atom stereocenters. The third-order valence-electron chi connectivity index (χ3n) is 1.16. The maximum absolute atomic E-state index is 10.7. The summed E-state index contributed by atoms with van der Waals surface area (Å²) in [4.78, 5) is 0. The van der Waals surface area contributed by atoms with Crippen LogP contribution in [0.3, 0.4) is 0 Å². The predicted molar refractivity (Wildman–Crippen MR) is 36.0 cm³/mol. The van der Waals surface area contributed by atoms with Gasteiger partial charge in [0.25, 0.3) is 0 Å². The van der Waals surface area contributed by atoms with E-state index in [9.17, 15) is 5.11 Å². The number of benzene rings is 1. The molecule has 0 bridgehead atoms. The average Bonchev–Trinajstić information content (AvgIpc) is 2.03. The summed E-state index contributed by atoms with van der Waals surface area (Å²) < 4.78 is 0. The van der Waals surface area contributed by atoms with Gasteiger partial charge in [0, 0.05) is 12.1 Å². The number of hydrogen-bond donors (Lipinski definition) is 0. The van der Waals surface area contributed by atoms with Gasteiger partial charge in [0.15, 0.2) is 5.75 Å². The molecule has 0 aliphatic carbocycles. The van der Waals surface area contributed by atoms with E-state index in [1.54, 1.807) is 12.1 Å². The highest BCUT2D eigenvalue weighted by Crippen LogP contribution is 2.14. The minimum absolute atomic E-state index is 0.231. The van der Waals surface area contributed by atoms with Crippen LogP contribution in [0.4, 0.5) is 0 Å². The molecule has 0 amide bonds. The molecule has 0 aliphatic heterocycles. The van der Waals surface area contributed by atoms with Crippen LogP contribution in [0.15, 0.2) is 18.2 Å². The summed E-state index contributed by atoms with van der Waals surface area (Å²) in [5.41, 5.74) is 0.461. The Morgan fingerprint density at radius 2 is 1.45 bits per heavy atom. The van der Waals surface area contributed by atoms with Crippen molar-refractivity contribution in [1.29, 1.82) is 10.5 Å². The zero-order valence-corrected chi connectivity index (χ0v) is 5.53. The van der Waals surface area contributed by atoms with Crippen molar-refractivity contribution >= 4 is 0 Å². The molecular weight excluding hydrogens is 140 g/mol. The van der Waals surface area contributed by atoms with Crippen molar-refractivity contribution in [3.63, 3.8) is 0 Å². The first-order chi connectivity index (χ1) is 5.26. The SMILES string of the molecule is N#Cc1cc([O])cc(C#N)c1. The minimum atomic E-state index is -0.305. The largest absolute Gasteiger partial charge is 0.290 e. The highest BCUT2D eigenvalue weighted by atomic mass is 16.3. The fourth-order valence-corrected chi connectivity index (χ4v) is 0.728. The summed E-state index contributed by atoms with van der Waals surface area (Å²) in [7, 11) is 0. The van der Waals surface area contributed by atoms with Gasteiger partial charge in [-0.2, -0.15) is 10.5 Å². The lowest BCUT2D eigenvalue weighted by atomic mass is 10.1. The van der Waals surface area contributed by atoms with Crippen LogP contribution in [-0.2, 0) is 5.11 Å². The third kappa shape index (κ3) is 1.47. The molecule has 0 fully saturated rings. The molecule has 0 saturated carbocycles. The molecule has 0 heterocycles. The van der Waals surface area contributed by atoms with Crippen molar-refractivity contribution < 1.29 is 5.11 Å². The molecule has 0 spiro atoms. The van der Waals surface area contributed by atoms with Crippen LogP contribution >= 0.6 is 0 Å². The molecule has 1 rings (SSSR count). The first kappa shape index (κ1) is 7.11. The van der Waals surface area contributed by atoms with E-state index < -0.39 is 0 Å². The van der Waals surface area contributed by atoms with E-state index in [1.165, 1.54) is 18.2 Å². The Bertz CT molecular complexity index is 325. The lowest BCUT2D eigenvalue weighted by Gasteiger charge is -1.89. The van der Waals surface area contributed by atoms with Crippen LogP contribution in [-0.4, -0.2) is 0 Å². The van der Waals surface area contributed by atoms with E-state index >= 15 is 0 Å². The maximum Gasteiger partial charge on any atom is 0.181 e. The normalized spacial score (nSPS) is 8.18. The standard InChI is InChI=1S/C8H3N2O/c9-4-6-1-7(5-10)3-8(11)2-6/h1-3H. The Labute approximate surface area is 63.7 Å². The van der Waals surface area contributed by atoms with Gasteiger partial charge in [-0.15, -0.1) is 0 Å². The van der Waals surface area contributed by atoms with Gasteiger partial charge in [-0.05, 0) is 6.07 Å². The van der Waals surface area contributed by atoms with Gasteiger partial charge in [0.05, 0.1) is 23.3 Å². The Morgan fingerprint density at radius 1 is 1.00 bits per heavy atom. The molecule has 51 valence electrons. The van der Waals surface area contributed by atoms with Gasteiger partial charge < -0.3 is 0 Å². The molecule has 0 unspecified atom stereocenters. The van der Waals surface area contributed by atoms with Crippen molar-refractivity contribution in [2.75, 3.05) is 0 Å². The Hall–Kier alpha value is -2.00. The van der Waals surface area contributed by atoms with Gasteiger partial charge in [0.2, 0.25) is 0 Å². The van der Waals surface area contributed by atoms with Crippen LogP contribution < -0.4 is 0 Å². The van der Waals surface area contributed by atoms with E-state index in [2.05, 4.69) is 0 Å². The second-order valence-corrected chi connectivity index (χ2v) is 1.97. The first-order valence-corrected chi connectivity index (χ1v) is 2.88. The van der Waals surface area contributed by atoms with Crippen molar-refractivity contribution in [1.82, 2.24) is 0 Å². The van der Waals surface area contributed by atoms with Crippen LogP contribution in [0.25, 0.3) is 0 Å². The minimum Gasteiger partial charge on any atom is -0.290 e. The molecule has 0 aromatic heterocycles. The molecule has 0 saturated heterocycles. The Kier molecular flexibility index (Phi) is 1.76. The van der Waals surface area contributed by atoms with Gasteiger partial charge in [-0.25, -0.2) is 0 Å². The Balaban J connectivity index is 3.28. The third-order valence-corrected chi connectivity index (χ3v) is 1.16. The topological polar surface area (TPSA) is 67.5 Å². The summed E-state index contributed by atoms with van der Waals surface area (Å²) >= 11 is 0. The molecule has 11 heavy (non-hydrogen) atoms. The first-order valence-electron chi connectivity index (χ1n) is 2.88. The van der Waals surface area contributed by atoms with Crippen LogP contribution in [0.1, 0.15) is 11.1 Å². The quantitative estimate of drug-likeness (QED) is 0.553. The highest BCUT2D eigenvalue weighted by Gasteiger charge is 1.98. The second-order valence-electron chi connectivity index (χ2n) is 1.97. The zero-order valence-electron chi connectivity index (χ0n) is 5.53. The smallest absolute Gasteiger partial charge is 0.181 e. The van der Waals surface area contributed by atoms with Crippen molar-refractivity contribution in [3.8, 4) is 17.9 Å². The molecular formula is C8H3N2O. The molecule has 1 aromatic carbocycles. The summed E-state index contributed by atoms with van der Waals surface area (Å²) in [6, 6.07) is 7.35. The van der Waals surface area contributed by atoms with Crippen molar-refractivity contribution in [3.05, 3.63) is 29.3 Å². The lowest BCUT2D eigenvalue weighted by molar-refractivity contribution is 0.354. The molecule has 1 radical (unpaired) electrons. The van der Waals surface area contributed by atoms with E-state index in [0.717, 1.165) is 0 Å². The Morgan fingerprint density at radius 3 is 1.82 bits per heavy atom. The maximum atomic E-state index is 10.7. The fraction of sp³-hybridized carbons (Fsp3) is 0. The summed E-state index contributed by atoms with van der Waals surface area (Å²) in [6.07, 6.45) is 0. The predicted octanol–water partition coefficient (Wildman–Crippen LogP) is 1.57. The summed E-state index contributed by atoms with van der Waals surface area (Å²) in [6.45, 7) is 0. The van der Waals surface area contributed by atoms with Crippen molar-refractivity contribution in [2.24, 2.45) is 0 Å². The molecule has 3 nitrogen and oxygen atoms in total. The van der Waals surface area contributed by atoms with Crippen LogP contribution in [0, 0.1) is 22.7 Å². The van der Waals surface area contributed by atoms with Crippen LogP contribution in [0.5, 0.6) is 5.75 Å². The van der Waals surface area contributed by atoms with E-state index in [1.807, 2.05) is 0 Å². The summed E-state index contributed by atoms with van der Waals surface area (Å²) in [5, 5.41) is 27.5. The van der Waals surface area contributed by atoms with Crippen LogP contribution in [0.2, 0.25) is 0 Å². The zero-order chi connectivity index (χ0) is 8.27. The lowest BCUT2D eigenvalue weighted by Crippen LogP contribution is -1.77. The molecule has 3 heteroatoms. The van der Waals surface area contributed by atoms with Crippen molar-refractivity contribution in [2.45, 2.75) is 0 Å². The van der Waals surface area contributed by atoms with E-state index in [4.69, 9.17) is 10.5 Å². The van der Waals surface area contributed by atoms with E-state index in [-0.39, 0.29) is 16.9 Å². The average molecular weight is 143 g/mol. The molecule has 0 aliphatic rings. The number of rotatable bonds is 0. The number of hydrogen-bond acceptors (Lipinski definition) is 2.